The first kappa shape index (κ1) is 21.0. The Bertz CT molecular complexity index is 896. The van der Waals surface area contributed by atoms with Gasteiger partial charge in [0.05, 0.1) is 23.5 Å². The van der Waals surface area contributed by atoms with Crippen LogP contribution in [0.1, 0.15) is 27.0 Å². The zero-order valence-electron chi connectivity index (χ0n) is 15.8. The van der Waals surface area contributed by atoms with E-state index in [0.29, 0.717) is 6.42 Å². The number of amides is 1. The fourth-order valence-corrected chi connectivity index (χ4v) is 2.72. The lowest BCUT2D eigenvalue weighted by Gasteiger charge is -2.16. The number of nitro groups is 1. The quantitative estimate of drug-likeness (QED) is 0.446. The van der Waals surface area contributed by atoms with Crippen LogP contribution in [0.4, 0.5) is 10.1 Å². The van der Waals surface area contributed by atoms with Gasteiger partial charge in [-0.25, -0.2) is 4.39 Å². The Morgan fingerprint density at radius 1 is 1.21 bits per heavy atom. The number of carbonyl (C=O) groups excluding carboxylic acids is 2. The minimum atomic E-state index is -0.844. The molecule has 0 fully saturated rings. The van der Waals surface area contributed by atoms with Crippen molar-refractivity contribution in [1.82, 2.24) is 5.32 Å². The zero-order valence-corrected chi connectivity index (χ0v) is 15.8. The first-order valence-corrected chi connectivity index (χ1v) is 8.59. The molecule has 0 saturated heterocycles. The maximum absolute atomic E-state index is 13.9. The molecular formula is C20H21FN2O5. The van der Waals surface area contributed by atoms with Gasteiger partial charge in [0.15, 0.2) is 0 Å². The second kappa shape index (κ2) is 9.07. The molecule has 1 N–H and O–H groups in total. The van der Waals surface area contributed by atoms with Crippen LogP contribution < -0.4 is 5.32 Å². The number of hydrogen-bond donors (Lipinski definition) is 1. The number of rotatable bonds is 7. The van der Waals surface area contributed by atoms with Crippen molar-refractivity contribution in [1.29, 1.82) is 0 Å². The molecule has 0 aliphatic rings. The third-order valence-corrected chi connectivity index (χ3v) is 4.42. The van der Waals surface area contributed by atoms with Crippen LogP contribution >= 0.6 is 0 Å². The van der Waals surface area contributed by atoms with Gasteiger partial charge in [-0.2, -0.15) is 0 Å². The molecule has 148 valence electrons. The van der Waals surface area contributed by atoms with Crippen molar-refractivity contribution in [3.8, 4) is 0 Å². The summed E-state index contributed by atoms with van der Waals surface area (Å²) in [6.07, 6.45) is 0.343. The highest BCUT2D eigenvalue weighted by Crippen LogP contribution is 2.23. The number of ether oxygens (including phenoxy) is 1. The summed E-state index contributed by atoms with van der Waals surface area (Å²) in [5.41, 5.74) is 1.17. The summed E-state index contributed by atoms with van der Waals surface area (Å²) in [7, 11) is 1.25. The first-order chi connectivity index (χ1) is 13.2. The molecule has 0 spiro atoms. The normalized spacial score (nSPS) is 11.6. The minimum Gasteiger partial charge on any atom is -0.469 e. The van der Waals surface area contributed by atoms with Gasteiger partial charge in [-0.15, -0.1) is 0 Å². The van der Waals surface area contributed by atoms with E-state index in [1.54, 1.807) is 0 Å². The molecule has 2 aromatic rings. The van der Waals surface area contributed by atoms with Crippen LogP contribution in [0.5, 0.6) is 0 Å². The van der Waals surface area contributed by atoms with Crippen LogP contribution in [0.2, 0.25) is 0 Å². The molecule has 7 nitrogen and oxygen atoms in total. The van der Waals surface area contributed by atoms with Gasteiger partial charge in [-0.1, -0.05) is 29.8 Å². The number of aryl methyl sites for hydroxylation is 1. The van der Waals surface area contributed by atoms with Gasteiger partial charge in [0.25, 0.3) is 11.6 Å². The van der Waals surface area contributed by atoms with E-state index in [1.807, 2.05) is 31.2 Å². The Morgan fingerprint density at radius 2 is 1.86 bits per heavy atom. The van der Waals surface area contributed by atoms with E-state index in [9.17, 15) is 24.1 Å². The number of nitro benzene ring substituents is 1. The van der Waals surface area contributed by atoms with Crippen LogP contribution in [0.15, 0.2) is 36.4 Å². The van der Waals surface area contributed by atoms with Gasteiger partial charge >= 0.3 is 5.97 Å². The van der Waals surface area contributed by atoms with Crippen LogP contribution in [-0.4, -0.2) is 30.5 Å². The van der Waals surface area contributed by atoms with Crippen molar-refractivity contribution in [2.45, 2.75) is 20.3 Å². The largest absolute Gasteiger partial charge is 0.469 e. The fourth-order valence-electron chi connectivity index (χ4n) is 2.72. The van der Waals surface area contributed by atoms with Crippen LogP contribution in [0.25, 0.3) is 0 Å². The van der Waals surface area contributed by atoms with Crippen LogP contribution in [0, 0.1) is 35.7 Å². The van der Waals surface area contributed by atoms with E-state index in [1.165, 1.54) is 14.0 Å². The lowest BCUT2D eigenvalue weighted by atomic mass is 9.98. The molecule has 0 aromatic heterocycles. The second-order valence-corrected chi connectivity index (χ2v) is 6.48. The number of esters is 1. The molecule has 28 heavy (non-hydrogen) atoms. The Labute approximate surface area is 161 Å². The van der Waals surface area contributed by atoms with Crippen molar-refractivity contribution >= 4 is 17.6 Å². The van der Waals surface area contributed by atoms with Gasteiger partial charge in [0.1, 0.15) is 5.82 Å². The average Bonchev–Trinajstić information content (AvgIpc) is 2.67. The highest BCUT2D eigenvalue weighted by molar-refractivity contribution is 5.95. The topological polar surface area (TPSA) is 98.5 Å². The molecule has 0 saturated carbocycles. The molecule has 0 aliphatic heterocycles. The summed E-state index contributed by atoms with van der Waals surface area (Å²) in [6, 6.07) is 9.54. The number of nitrogens with one attached hydrogen (secondary N) is 1. The number of benzene rings is 2. The molecule has 2 rings (SSSR count). The Kier molecular flexibility index (Phi) is 6.81. The van der Waals surface area contributed by atoms with Gasteiger partial charge in [-0.3, -0.25) is 19.7 Å². The number of halogens is 1. The molecule has 1 amide bonds. The summed E-state index contributed by atoms with van der Waals surface area (Å²) in [5.74, 6) is -2.70. The van der Waals surface area contributed by atoms with Crippen molar-refractivity contribution in [2.24, 2.45) is 5.92 Å². The lowest BCUT2D eigenvalue weighted by Crippen LogP contribution is -2.34. The van der Waals surface area contributed by atoms with Gasteiger partial charge in [0.2, 0.25) is 0 Å². The van der Waals surface area contributed by atoms with E-state index in [0.717, 1.165) is 23.3 Å². The zero-order chi connectivity index (χ0) is 20.8. The summed E-state index contributed by atoms with van der Waals surface area (Å²) in [6.45, 7) is 3.16. The average molecular weight is 388 g/mol. The van der Waals surface area contributed by atoms with E-state index in [-0.39, 0.29) is 17.7 Å². The highest BCUT2D eigenvalue weighted by atomic mass is 19.1. The standard InChI is InChI=1S/C20H21FN2O5/c1-12-4-6-14(7-5-12)8-16(20(25)28-3)11-22-19(24)15-9-17(21)13(2)18(10-15)23(26)27/h4-7,9-10,16H,8,11H2,1-3H3,(H,22,24). The highest BCUT2D eigenvalue weighted by Gasteiger charge is 2.23. The summed E-state index contributed by atoms with van der Waals surface area (Å²) >= 11 is 0. The molecule has 0 heterocycles. The van der Waals surface area contributed by atoms with E-state index in [2.05, 4.69) is 5.32 Å². The Morgan fingerprint density at radius 3 is 2.43 bits per heavy atom. The monoisotopic (exact) mass is 388 g/mol. The first-order valence-electron chi connectivity index (χ1n) is 8.59. The number of carbonyl (C=O) groups is 2. The van der Waals surface area contributed by atoms with Gasteiger partial charge in [-0.05, 0) is 31.9 Å². The fraction of sp³-hybridized carbons (Fsp3) is 0.300. The van der Waals surface area contributed by atoms with E-state index in [4.69, 9.17) is 4.74 Å². The Hall–Kier alpha value is -3.29. The summed E-state index contributed by atoms with van der Waals surface area (Å²) in [5, 5.41) is 13.5. The molecule has 1 unspecified atom stereocenters. The number of nitrogens with zero attached hydrogens (tertiary/aromatic N) is 1. The molecule has 0 radical (unpaired) electrons. The SMILES string of the molecule is COC(=O)C(CNC(=O)c1cc(F)c(C)c([N+](=O)[O-])c1)Cc1ccc(C)cc1. The van der Waals surface area contributed by atoms with E-state index >= 15 is 0 Å². The van der Waals surface area contributed by atoms with Gasteiger partial charge in [0, 0.05) is 18.2 Å². The van der Waals surface area contributed by atoms with Gasteiger partial charge < -0.3 is 10.1 Å². The summed E-state index contributed by atoms with van der Waals surface area (Å²) < 4.78 is 18.7. The molecule has 0 bridgehead atoms. The van der Waals surface area contributed by atoms with E-state index < -0.39 is 34.2 Å². The molecule has 8 heteroatoms. The Balaban J connectivity index is 2.14. The minimum absolute atomic E-state index is 0.0529. The lowest BCUT2D eigenvalue weighted by molar-refractivity contribution is -0.385. The summed E-state index contributed by atoms with van der Waals surface area (Å²) in [4.78, 5) is 34.7. The third kappa shape index (κ3) is 5.12. The molecular weight excluding hydrogens is 367 g/mol. The van der Waals surface area contributed by atoms with Crippen LogP contribution in [0.3, 0.4) is 0 Å². The van der Waals surface area contributed by atoms with Crippen molar-refractivity contribution < 1.29 is 23.6 Å². The molecule has 0 aliphatic carbocycles. The molecule has 2 aromatic carbocycles. The van der Waals surface area contributed by atoms with Crippen molar-refractivity contribution in [3.05, 3.63) is 74.6 Å². The predicted molar refractivity (Wildman–Crippen MR) is 101 cm³/mol. The van der Waals surface area contributed by atoms with Crippen LogP contribution in [-0.2, 0) is 16.0 Å². The van der Waals surface area contributed by atoms with Crippen molar-refractivity contribution in [3.63, 3.8) is 0 Å². The molecule has 1 atom stereocenters. The third-order valence-electron chi connectivity index (χ3n) is 4.42. The maximum atomic E-state index is 13.9. The predicted octanol–water partition coefficient (Wildman–Crippen LogP) is 3.11. The van der Waals surface area contributed by atoms with Crippen molar-refractivity contribution in [2.75, 3.05) is 13.7 Å². The number of methoxy groups -OCH3 is 1. The second-order valence-electron chi connectivity index (χ2n) is 6.48. The number of hydrogen-bond acceptors (Lipinski definition) is 5. The maximum Gasteiger partial charge on any atom is 0.310 e. The smallest absolute Gasteiger partial charge is 0.310 e.